The van der Waals surface area contributed by atoms with Crippen LogP contribution in [0.25, 0.3) is 11.3 Å². The summed E-state index contributed by atoms with van der Waals surface area (Å²) in [5.74, 6) is 1.16. The predicted molar refractivity (Wildman–Crippen MR) is 127 cm³/mol. The van der Waals surface area contributed by atoms with E-state index in [-0.39, 0.29) is 33.8 Å². The van der Waals surface area contributed by atoms with Gasteiger partial charge in [-0.25, -0.2) is 8.42 Å². The zero-order valence-electron chi connectivity index (χ0n) is 17.5. The number of nitrogens with two attached hydrogens (primary N) is 1. The van der Waals surface area contributed by atoms with Crippen molar-refractivity contribution in [3.05, 3.63) is 59.3 Å². The molecular formula is C21H23Cl2N3O5S. The molecule has 0 radical (unpaired) electrons. The Labute approximate surface area is 197 Å². The number of sulfonamides is 1. The molecule has 8 nitrogen and oxygen atoms in total. The number of anilines is 2. The molecule has 0 unspecified atom stereocenters. The largest absolute Gasteiger partial charge is 0.495 e. The molecule has 1 amide bonds. The molecule has 11 heteroatoms. The molecule has 0 bridgehead atoms. The third-order valence-electron chi connectivity index (χ3n) is 4.37. The molecule has 0 saturated heterocycles. The number of carbonyl (C=O) groups is 1. The molecule has 4 N–H and O–H groups in total. The molecule has 3 rings (SSSR count). The van der Waals surface area contributed by atoms with E-state index in [4.69, 9.17) is 26.5 Å². The Morgan fingerprint density at radius 2 is 1.88 bits per heavy atom. The van der Waals surface area contributed by atoms with E-state index in [9.17, 15) is 13.2 Å². The van der Waals surface area contributed by atoms with Gasteiger partial charge in [0, 0.05) is 11.3 Å². The van der Waals surface area contributed by atoms with Gasteiger partial charge in [-0.05, 0) is 62.4 Å². The summed E-state index contributed by atoms with van der Waals surface area (Å²) in [5, 5.41) is 2.63. The molecule has 3 aromatic rings. The van der Waals surface area contributed by atoms with E-state index in [2.05, 4.69) is 10.0 Å². The van der Waals surface area contributed by atoms with Crippen molar-refractivity contribution in [3.63, 3.8) is 0 Å². The first-order chi connectivity index (χ1) is 14.6. The number of furan rings is 1. The van der Waals surface area contributed by atoms with Crippen LogP contribution in [0.4, 0.5) is 11.4 Å². The summed E-state index contributed by atoms with van der Waals surface area (Å²) in [6.45, 7) is 3.35. The second-order valence-electron chi connectivity index (χ2n) is 6.85. The van der Waals surface area contributed by atoms with Crippen LogP contribution in [0.1, 0.15) is 12.7 Å². The van der Waals surface area contributed by atoms with Crippen LogP contribution in [0.5, 0.6) is 5.75 Å². The summed E-state index contributed by atoms with van der Waals surface area (Å²) >= 11 is 6.28. The first-order valence-corrected chi connectivity index (χ1v) is 11.1. The van der Waals surface area contributed by atoms with Crippen molar-refractivity contribution in [3.8, 4) is 17.1 Å². The van der Waals surface area contributed by atoms with Crippen LogP contribution in [0.2, 0.25) is 5.02 Å². The second kappa shape index (κ2) is 10.3. The molecule has 2 aromatic carbocycles. The highest BCUT2D eigenvalue weighted by Crippen LogP contribution is 2.33. The molecule has 0 aliphatic heterocycles. The third-order valence-corrected chi connectivity index (χ3v) is 6.22. The quantitative estimate of drug-likeness (QED) is 0.441. The van der Waals surface area contributed by atoms with Crippen molar-refractivity contribution in [1.29, 1.82) is 0 Å². The summed E-state index contributed by atoms with van der Waals surface area (Å²) in [6, 6.07) is 11.9. The average Bonchev–Trinajstić information content (AvgIpc) is 3.14. The minimum atomic E-state index is -4.06. The summed E-state index contributed by atoms with van der Waals surface area (Å²) < 4.78 is 39.3. The Kier molecular flexibility index (Phi) is 8.19. The summed E-state index contributed by atoms with van der Waals surface area (Å²) in [7, 11) is -2.66. The number of halogens is 2. The van der Waals surface area contributed by atoms with Crippen molar-refractivity contribution < 1.29 is 22.4 Å². The van der Waals surface area contributed by atoms with Gasteiger partial charge in [0.2, 0.25) is 5.91 Å². The van der Waals surface area contributed by atoms with Gasteiger partial charge in [-0.15, -0.1) is 12.4 Å². The van der Waals surface area contributed by atoms with Crippen LogP contribution in [0, 0.1) is 6.92 Å². The number of aryl methyl sites for hydroxylation is 1. The van der Waals surface area contributed by atoms with Gasteiger partial charge in [0.15, 0.2) is 0 Å². The van der Waals surface area contributed by atoms with E-state index in [0.717, 1.165) is 5.76 Å². The second-order valence-corrected chi connectivity index (χ2v) is 8.91. The maximum Gasteiger partial charge on any atom is 0.263 e. The molecule has 0 saturated carbocycles. The highest BCUT2D eigenvalue weighted by Gasteiger charge is 2.21. The van der Waals surface area contributed by atoms with Gasteiger partial charge in [0.05, 0.1) is 23.9 Å². The van der Waals surface area contributed by atoms with Crippen molar-refractivity contribution in [2.75, 3.05) is 17.1 Å². The van der Waals surface area contributed by atoms with Gasteiger partial charge in [0.25, 0.3) is 10.0 Å². The summed E-state index contributed by atoms with van der Waals surface area (Å²) in [5.41, 5.74) is 6.69. The molecule has 0 aliphatic carbocycles. The van der Waals surface area contributed by atoms with Gasteiger partial charge in [-0.3, -0.25) is 9.52 Å². The van der Waals surface area contributed by atoms with Crippen LogP contribution >= 0.6 is 24.0 Å². The number of ether oxygens (including phenoxy) is 1. The molecule has 0 fully saturated rings. The standard InChI is InChI=1S/C21H22ClN3O5S.ClH/c1-12-4-7-18(30-12)14-5-9-20(16(22)10-14)31(27,28)25-17-11-15(6-8-19(17)29-3)24-21(26)13(2)23;/h4-11,13,25H,23H2,1-3H3,(H,24,26);1H/t13-;/m0./s1. The number of nitrogens with one attached hydrogen (secondary N) is 2. The molecule has 32 heavy (non-hydrogen) atoms. The predicted octanol–water partition coefficient (Wildman–Crippen LogP) is 4.43. The first kappa shape index (κ1) is 25.5. The maximum absolute atomic E-state index is 13.0. The molecular weight excluding hydrogens is 477 g/mol. The van der Waals surface area contributed by atoms with Gasteiger partial charge < -0.3 is 20.2 Å². The smallest absolute Gasteiger partial charge is 0.263 e. The Bertz CT molecular complexity index is 1230. The highest BCUT2D eigenvalue weighted by atomic mass is 35.5. The zero-order chi connectivity index (χ0) is 22.8. The number of hydrogen-bond donors (Lipinski definition) is 3. The van der Waals surface area contributed by atoms with Gasteiger partial charge in [0.1, 0.15) is 22.2 Å². The van der Waals surface area contributed by atoms with Crippen LogP contribution < -0.4 is 20.5 Å². The zero-order valence-corrected chi connectivity index (χ0v) is 19.9. The van der Waals surface area contributed by atoms with Crippen molar-refractivity contribution >= 4 is 51.3 Å². The number of rotatable bonds is 7. The Balaban J connectivity index is 0.00000363. The Hall–Kier alpha value is -2.72. The lowest BCUT2D eigenvalue weighted by Crippen LogP contribution is -2.32. The van der Waals surface area contributed by atoms with Gasteiger partial charge in [-0.2, -0.15) is 0 Å². The summed E-state index contributed by atoms with van der Waals surface area (Å²) in [6.07, 6.45) is 0. The molecule has 172 valence electrons. The van der Waals surface area contributed by atoms with E-state index in [0.29, 0.717) is 17.0 Å². The van der Waals surface area contributed by atoms with E-state index < -0.39 is 22.0 Å². The minimum Gasteiger partial charge on any atom is -0.495 e. The molecule has 0 spiro atoms. The van der Waals surface area contributed by atoms with Crippen LogP contribution in [-0.4, -0.2) is 27.5 Å². The van der Waals surface area contributed by atoms with Crippen molar-refractivity contribution in [1.82, 2.24) is 0 Å². The lowest BCUT2D eigenvalue weighted by atomic mass is 10.2. The van der Waals surface area contributed by atoms with Crippen molar-refractivity contribution in [2.45, 2.75) is 24.8 Å². The number of benzene rings is 2. The number of hydrogen-bond acceptors (Lipinski definition) is 6. The average molecular weight is 500 g/mol. The molecule has 0 aliphatic rings. The van der Waals surface area contributed by atoms with E-state index in [1.54, 1.807) is 24.3 Å². The van der Waals surface area contributed by atoms with Gasteiger partial charge in [-0.1, -0.05) is 11.6 Å². The Morgan fingerprint density at radius 3 is 2.44 bits per heavy atom. The maximum atomic E-state index is 13.0. The lowest BCUT2D eigenvalue weighted by molar-refractivity contribution is -0.117. The van der Waals surface area contributed by atoms with Crippen LogP contribution in [0.15, 0.2) is 57.8 Å². The summed E-state index contributed by atoms with van der Waals surface area (Å²) in [4.78, 5) is 11.7. The van der Waals surface area contributed by atoms with E-state index >= 15 is 0 Å². The topological polar surface area (TPSA) is 124 Å². The minimum absolute atomic E-state index is 0. The number of amides is 1. The fraction of sp³-hybridized carbons (Fsp3) is 0.190. The lowest BCUT2D eigenvalue weighted by Gasteiger charge is -2.15. The molecule has 1 aromatic heterocycles. The normalized spacial score (nSPS) is 11.9. The van der Waals surface area contributed by atoms with Crippen LogP contribution in [0.3, 0.4) is 0 Å². The van der Waals surface area contributed by atoms with E-state index in [1.165, 1.54) is 38.3 Å². The van der Waals surface area contributed by atoms with E-state index in [1.807, 2.05) is 6.92 Å². The fourth-order valence-electron chi connectivity index (χ4n) is 2.78. The SMILES string of the molecule is COc1ccc(NC(=O)[C@H](C)N)cc1NS(=O)(=O)c1ccc(-c2ccc(C)o2)cc1Cl.Cl. The monoisotopic (exact) mass is 499 g/mol. The number of methoxy groups -OCH3 is 1. The highest BCUT2D eigenvalue weighted by molar-refractivity contribution is 7.92. The fourth-order valence-corrected chi connectivity index (χ4v) is 4.39. The first-order valence-electron chi connectivity index (χ1n) is 9.24. The third kappa shape index (κ3) is 5.74. The van der Waals surface area contributed by atoms with Crippen LogP contribution in [-0.2, 0) is 14.8 Å². The molecule has 1 heterocycles. The van der Waals surface area contributed by atoms with Gasteiger partial charge >= 0.3 is 0 Å². The van der Waals surface area contributed by atoms with Crippen molar-refractivity contribution in [2.24, 2.45) is 5.73 Å². The number of carbonyl (C=O) groups excluding carboxylic acids is 1. The molecule has 1 atom stereocenters. The Morgan fingerprint density at radius 1 is 1.16 bits per heavy atom.